The number of hydrogen-bond donors (Lipinski definition) is 2. The van der Waals surface area contributed by atoms with Crippen LogP contribution in [0.15, 0.2) is 24.4 Å². The van der Waals surface area contributed by atoms with Crippen LogP contribution in [0.4, 0.5) is 10.2 Å². The molecule has 0 amide bonds. The van der Waals surface area contributed by atoms with Gasteiger partial charge in [-0.2, -0.15) is 5.10 Å². The second-order valence-corrected chi connectivity index (χ2v) is 8.13. The molecule has 2 fully saturated rings. The Morgan fingerprint density at radius 3 is 2.69 bits per heavy atom. The quantitative estimate of drug-likeness (QED) is 0.705. The van der Waals surface area contributed by atoms with Gasteiger partial charge in [0.2, 0.25) is 0 Å². The Balaban J connectivity index is 1.58. The number of piperidine rings is 1. The van der Waals surface area contributed by atoms with Gasteiger partial charge in [0.25, 0.3) is 0 Å². The van der Waals surface area contributed by atoms with E-state index in [4.69, 9.17) is 0 Å². The second kappa shape index (κ2) is 7.03. The molecule has 0 bridgehead atoms. The summed E-state index contributed by atoms with van der Waals surface area (Å²) in [6.07, 6.45) is 1.42. The number of benzene rings is 1. The van der Waals surface area contributed by atoms with Crippen LogP contribution in [0.1, 0.15) is 29.3 Å². The van der Waals surface area contributed by atoms with Crippen LogP contribution in [0, 0.1) is 13.8 Å². The standard InChI is InChI=1S/C21H25FN6O/c1-12-5-14-8-24-28(19(14)6-17(12)16-3-4-23-9-18(16)22)21-7-20(25-13(2)26-21)27-10-15(29)11-27/h5-8,15-16,18,23,29H,3-4,9-11H2,1-2H3/t16-,18-/m0/s1. The predicted molar refractivity (Wildman–Crippen MR) is 109 cm³/mol. The summed E-state index contributed by atoms with van der Waals surface area (Å²) in [5.74, 6) is 2.02. The van der Waals surface area contributed by atoms with E-state index in [9.17, 15) is 9.50 Å². The first-order valence-electron chi connectivity index (χ1n) is 10.1. The summed E-state index contributed by atoms with van der Waals surface area (Å²) in [5.41, 5.74) is 3.06. The normalized spacial score (nSPS) is 22.8. The maximum absolute atomic E-state index is 14.6. The Labute approximate surface area is 168 Å². The average Bonchev–Trinajstić information content (AvgIpc) is 3.07. The zero-order valence-electron chi connectivity index (χ0n) is 16.6. The zero-order chi connectivity index (χ0) is 20.1. The Morgan fingerprint density at radius 1 is 1.14 bits per heavy atom. The lowest BCUT2D eigenvalue weighted by molar-refractivity contribution is 0.141. The molecule has 29 heavy (non-hydrogen) atoms. The van der Waals surface area contributed by atoms with Gasteiger partial charge in [-0.05, 0) is 50.1 Å². The lowest BCUT2D eigenvalue weighted by atomic mass is 9.85. The van der Waals surface area contributed by atoms with E-state index in [0.717, 1.165) is 40.8 Å². The Kier molecular flexibility index (Phi) is 4.48. The molecule has 1 aromatic carbocycles. The molecule has 8 heteroatoms. The van der Waals surface area contributed by atoms with Crippen LogP contribution in [0.5, 0.6) is 0 Å². The Hall–Kier alpha value is -2.58. The minimum atomic E-state index is -0.887. The van der Waals surface area contributed by atoms with Gasteiger partial charge in [0, 0.05) is 37.0 Å². The van der Waals surface area contributed by atoms with Gasteiger partial charge in [-0.15, -0.1) is 0 Å². The molecule has 4 heterocycles. The van der Waals surface area contributed by atoms with Gasteiger partial charge in [-0.25, -0.2) is 19.0 Å². The molecule has 7 nitrogen and oxygen atoms in total. The van der Waals surface area contributed by atoms with E-state index in [0.29, 0.717) is 31.3 Å². The molecule has 0 radical (unpaired) electrons. The number of nitrogens with zero attached hydrogens (tertiary/aromatic N) is 5. The number of aliphatic hydroxyl groups excluding tert-OH is 1. The van der Waals surface area contributed by atoms with E-state index in [1.54, 1.807) is 4.68 Å². The van der Waals surface area contributed by atoms with Crippen LogP contribution in [0.2, 0.25) is 0 Å². The first-order valence-corrected chi connectivity index (χ1v) is 10.1. The summed E-state index contributed by atoms with van der Waals surface area (Å²) in [6, 6.07) is 6.06. The summed E-state index contributed by atoms with van der Waals surface area (Å²) in [4.78, 5) is 11.1. The number of aliphatic hydroxyl groups is 1. The number of rotatable bonds is 3. The molecule has 2 N–H and O–H groups in total. The lowest BCUT2D eigenvalue weighted by Gasteiger charge is -2.36. The predicted octanol–water partition coefficient (Wildman–Crippen LogP) is 2.03. The maximum atomic E-state index is 14.6. The first-order chi connectivity index (χ1) is 14.0. The van der Waals surface area contributed by atoms with Crippen molar-refractivity contribution in [1.29, 1.82) is 0 Å². The van der Waals surface area contributed by atoms with E-state index in [2.05, 4.69) is 32.5 Å². The monoisotopic (exact) mass is 396 g/mol. The molecule has 2 aliphatic heterocycles. The van der Waals surface area contributed by atoms with Crippen molar-refractivity contribution in [3.05, 3.63) is 41.3 Å². The molecular formula is C21H25FN6O. The van der Waals surface area contributed by atoms with Crippen molar-refractivity contribution < 1.29 is 9.50 Å². The molecule has 0 saturated carbocycles. The van der Waals surface area contributed by atoms with Gasteiger partial charge in [-0.1, -0.05) is 0 Å². The molecule has 152 valence electrons. The number of hydrogen-bond acceptors (Lipinski definition) is 6. The van der Waals surface area contributed by atoms with Crippen LogP contribution in [0.3, 0.4) is 0 Å². The van der Waals surface area contributed by atoms with E-state index in [-0.39, 0.29) is 12.0 Å². The summed E-state index contributed by atoms with van der Waals surface area (Å²) < 4.78 is 16.4. The summed E-state index contributed by atoms with van der Waals surface area (Å²) in [6.45, 7) is 6.28. The number of halogens is 1. The number of fused-ring (bicyclic) bond motifs is 1. The molecule has 2 aliphatic rings. The van der Waals surface area contributed by atoms with Gasteiger partial charge >= 0.3 is 0 Å². The molecule has 0 unspecified atom stereocenters. The minimum absolute atomic E-state index is 0.103. The summed E-state index contributed by atoms with van der Waals surface area (Å²) in [7, 11) is 0. The average molecular weight is 396 g/mol. The first kappa shape index (κ1) is 18.4. The fraction of sp³-hybridized carbons (Fsp3) is 0.476. The van der Waals surface area contributed by atoms with Crippen molar-refractivity contribution in [2.24, 2.45) is 0 Å². The van der Waals surface area contributed by atoms with Crippen molar-refractivity contribution >= 4 is 16.7 Å². The fourth-order valence-corrected chi connectivity index (χ4v) is 4.41. The van der Waals surface area contributed by atoms with Gasteiger partial charge in [0.1, 0.15) is 17.8 Å². The third-order valence-corrected chi connectivity index (χ3v) is 5.98. The molecule has 0 spiro atoms. The number of aromatic nitrogens is 4. The third kappa shape index (κ3) is 3.26. The molecule has 3 aromatic rings. The highest BCUT2D eigenvalue weighted by Crippen LogP contribution is 2.33. The van der Waals surface area contributed by atoms with Gasteiger partial charge in [-0.3, -0.25) is 0 Å². The highest BCUT2D eigenvalue weighted by Gasteiger charge is 2.29. The molecular weight excluding hydrogens is 371 g/mol. The highest BCUT2D eigenvalue weighted by atomic mass is 19.1. The Morgan fingerprint density at radius 2 is 1.93 bits per heavy atom. The summed E-state index contributed by atoms with van der Waals surface area (Å²) in [5, 5.41) is 18.3. The SMILES string of the molecule is Cc1nc(N2CC(O)C2)cc(-n2ncc3cc(C)c([C@@H]4CCNC[C@@H]4F)cc32)n1. The lowest BCUT2D eigenvalue weighted by Crippen LogP contribution is -2.51. The van der Waals surface area contributed by atoms with E-state index in [1.165, 1.54) is 0 Å². The third-order valence-electron chi connectivity index (χ3n) is 5.98. The van der Waals surface area contributed by atoms with Crippen LogP contribution in [-0.2, 0) is 0 Å². The zero-order valence-corrected chi connectivity index (χ0v) is 16.6. The smallest absolute Gasteiger partial charge is 0.159 e. The number of alkyl halides is 1. The maximum Gasteiger partial charge on any atom is 0.159 e. The van der Waals surface area contributed by atoms with E-state index >= 15 is 0 Å². The fourth-order valence-electron chi connectivity index (χ4n) is 4.41. The molecule has 0 aliphatic carbocycles. The number of β-amino-alcohol motifs (C(OH)–C–C–N with tert-alkyl or cyclic N) is 1. The van der Waals surface area contributed by atoms with Crippen molar-refractivity contribution in [3.63, 3.8) is 0 Å². The molecule has 2 saturated heterocycles. The largest absolute Gasteiger partial charge is 0.389 e. The molecule has 2 aromatic heterocycles. The second-order valence-electron chi connectivity index (χ2n) is 8.13. The van der Waals surface area contributed by atoms with E-state index < -0.39 is 6.17 Å². The van der Waals surface area contributed by atoms with Gasteiger partial charge < -0.3 is 15.3 Å². The highest BCUT2D eigenvalue weighted by molar-refractivity contribution is 5.82. The van der Waals surface area contributed by atoms with Crippen LogP contribution < -0.4 is 10.2 Å². The molecule has 2 atom stereocenters. The van der Waals surface area contributed by atoms with Gasteiger partial charge in [0.05, 0.1) is 17.8 Å². The Bertz CT molecular complexity index is 1060. The number of nitrogens with one attached hydrogen (secondary N) is 1. The minimum Gasteiger partial charge on any atom is -0.389 e. The van der Waals surface area contributed by atoms with E-state index in [1.807, 2.05) is 31.0 Å². The van der Waals surface area contributed by atoms with Crippen molar-refractivity contribution in [3.8, 4) is 5.82 Å². The van der Waals surface area contributed by atoms with Crippen LogP contribution >= 0.6 is 0 Å². The molecule has 5 rings (SSSR count). The van der Waals surface area contributed by atoms with Crippen LogP contribution in [0.25, 0.3) is 16.7 Å². The summed E-state index contributed by atoms with van der Waals surface area (Å²) >= 11 is 0. The van der Waals surface area contributed by atoms with Crippen molar-refractivity contribution in [2.75, 3.05) is 31.1 Å². The van der Waals surface area contributed by atoms with Gasteiger partial charge in [0.15, 0.2) is 5.82 Å². The van der Waals surface area contributed by atoms with Crippen molar-refractivity contribution in [1.82, 2.24) is 25.1 Å². The number of anilines is 1. The van der Waals surface area contributed by atoms with Crippen LogP contribution in [-0.4, -0.2) is 63.3 Å². The number of aryl methyl sites for hydroxylation is 2. The topological polar surface area (TPSA) is 79.1 Å². The van der Waals surface area contributed by atoms with Crippen molar-refractivity contribution in [2.45, 2.75) is 38.5 Å².